The van der Waals surface area contributed by atoms with E-state index < -0.39 is 0 Å². The highest BCUT2D eigenvalue weighted by molar-refractivity contribution is 5.84. The normalized spacial score (nSPS) is 21.3. The number of esters is 1. The van der Waals surface area contributed by atoms with E-state index in [1.165, 1.54) is 0 Å². The summed E-state index contributed by atoms with van der Waals surface area (Å²) in [5, 5.41) is 0. The van der Waals surface area contributed by atoms with Gasteiger partial charge in [-0.1, -0.05) is 6.92 Å². The summed E-state index contributed by atoms with van der Waals surface area (Å²) in [5.74, 6) is -0.145. The van der Waals surface area contributed by atoms with Crippen molar-refractivity contribution in [1.29, 1.82) is 0 Å². The number of piperazine rings is 1. The van der Waals surface area contributed by atoms with Crippen molar-refractivity contribution in [1.82, 2.24) is 9.80 Å². The van der Waals surface area contributed by atoms with Gasteiger partial charge in [-0.05, 0) is 20.4 Å². The van der Waals surface area contributed by atoms with Crippen molar-refractivity contribution in [2.45, 2.75) is 39.2 Å². The maximum Gasteiger partial charge on any atom is 0.306 e. The molecule has 0 radical (unpaired) electrons. The first-order valence-corrected chi connectivity index (χ1v) is 7.16. The summed E-state index contributed by atoms with van der Waals surface area (Å²) in [6.45, 7) is 7.66. The van der Waals surface area contributed by atoms with Gasteiger partial charge in [0, 0.05) is 32.1 Å². The van der Waals surface area contributed by atoms with Crippen LogP contribution in [0.5, 0.6) is 0 Å². The van der Waals surface area contributed by atoms with Gasteiger partial charge in [-0.2, -0.15) is 0 Å². The molecule has 1 rings (SSSR count). The topological polar surface area (TPSA) is 49.9 Å². The Labute approximate surface area is 115 Å². The van der Waals surface area contributed by atoms with Gasteiger partial charge < -0.3 is 9.64 Å². The quantitative estimate of drug-likeness (QED) is 0.644. The standard InChI is InChI=1S/C14H26N2O3/c1-4-12-10-16(9-8-15(12)3)11-13(17)6-7-14(18)19-5-2/h12H,4-11H2,1-3H3. The third-order valence-electron chi connectivity index (χ3n) is 3.65. The summed E-state index contributed by atoms with van der Waals surface area (Å²) in [7, 11) is 2.13. The number of Topliss-reactive ketones (excluding diaryl/α,β-unsaturated/α-hetero) is 1. The molecule has 19 heavy (non-hydrogen) atoms. The van der Waals surface area contributed by atoms with Gasteiger partial charge in [0.25, 0.3) is 0 Å². The molecule has 5 heteroatoms. The van der Waals surface area contributed by atoms with Crippen LogP contribution in [0.3, 0.4) is 0 Å². The molecule has 0 bridgehead atoms. The fraction of sp³-hybridized carbons (Fsp3) is 0.857. The van der Waals surface area contributed by atoms with Gasteiger partial charge in [0.15, 0.2) is 0 Å². The number of rotatable bonds is 7. The van der Waals surface area contributed by atoms with Crippen LogP contribution in [0.4, 0.5) is 0 Å². The number of carbonyl (C=O) groups is 2. The van der Waals surface area contributed by atoms with E-state index in [4.69, 9.17) is 4.74 Å². The number of hydrogen-bond acceptors (Lipinski definition) is 5. The second kappa shape index (κ2) is 8.27. The Morgan fingerprint density at radius 1 is 1.21 bits per heavy atom. The number of ketones is 1. The second-order valence-corrected chi connectivity index (χ2v) is 5.12. The molecule has 5 nitrogen and oxygen atoms in total. The van der Waals surface area contributed by atoms with Gasteiger partial charge in [-0.25, -0.2) is 0 Å². The predicted octanol–water partition coefficient (Wildman–Crippen LogP) is 0.925. The molecule has 0 aromatic heterocycles. The Hall–Kier alpha value is -0.940. The highest BCUT2D eigenvalue weighted by atomic mass is 16.5. The van der Waals surface area contributed by atoms with E-state index >= 15 is 0 Å². The smallest absolute Gasteiger partial charge is 0.306 e. The number of ether oxygens (including phenoxy) is 1. The summed E-state index contributed by atoms with van der Waals surface area (Å²) < 4.78 is 4.82. The van der Waals surface area contributed by atoms with Crippen LogP contribution < -0.4 is 0 Å². The SMILES string of the molecule is CCOC(=O)CCC(=O)CN1CCN(C)C(CC)C1. The monoisotopic (exact) mass is 270 g/mol. The minimum Gasteiger partial charge on any atom is -0.466 e. The third kappa shape index (κ3) is 5.70. The lowest BCUT2D eigenvalue weighted by molar-refractivity contribution is -0.144. The molecular weight excluding hydrogens is 244 g/mol. The van der Waals surface area contributed by atoms with Crippen molar-refractivity contribution in [2.75, 3.05) is 39.8 Å². The lowest BCUT2D eigenvalue weighted by Crippen LogP contribution is -2.52. The van der Waals surface area contributed by atoms with Crippen molar-refractivity contribution in [3.63, 3.8) is 0 Å². The summed E-state index contributed by atoms with van der Waals surface area (Å²) in [6, 6.07) is 0.534. The molecule has 0 N–H and O–H groups in total. The van der Waals surface area contributed by atoms with Crippen molar-refractivity contribution < 1.29 is 14.3 Å². The molecule has 1 fully saturated rings. The van der Waals surface area contributed by atoms with Crippen LogP contribution in [0.2, 0.25) is 0 Å². The minimum atomic E-state index is -0.277. The highest BCUT2D eigenvalue weighted by Gasteiger charge is 2.24. The van der Waals surface area contributed by atoms with Gasteiger partial charge >= 0.3 is 5.97 Å². The first kappa shape index (κ1) is 16.1. The van der Waals surface area contributed by atoms with E-state index in [0.717, 1.165) is 26.1 Å². The zero-order valence-corrected chi connectivity index (χ0v) is 12.4. The van der Waals surface area contributed by atoms with Crippen LogP contribution in [0, 0.1) is 0 Å². The molecule has 0 aliphatic carbocycles. The van der Waals surface area contributed by atoms with Crippen LogP contribution in [-0.4, -0.2) is 67.4 Å². The number of likely N-dealkylation sites (N-methyl/N-ethyl adjacent to an activating group) is 1. The van der Waals surface area contributed by atoms with Crippen LogP contribution >= 0.6 is 0 Å². The number of nitrogens with zero attached hydrogens (tertiary/aromatic N) is 2. The third-order valence-corrected chi connectivity index (χ3v) is 3.65. The van der Waals surface area contributed by atoms with Crippen molar-refractivity contribution >= 4 is 11.8 Å². The van der Waals surface area contributed by atoms with E-state index in [2.05, 4.69) is 23.8 Å². The zero-order chi connectivity index (χ0) is 14.3. The second-order valence-electron chi connectivity index (χ2n) is 5.12. The Morgan fingerprint density at radius 2 is 1.95 bits per heavy atom. The maximum atomic E-state index is 11.8. The van der Waals surface area contributed by atoms with Crippen molar-refractivity contribution in [2.24, 2.45) is 0 Å². The fourth-order valence-electron chi connectivity index (χ4n) is 2.40. The van der Waals surface area contributed by atoms with Crippen LogP contribution in [0.25, 0.3) is 0 Å². The largest absolute Gasteiger partial charge is 0.466 e. The molecule has 1 atom stereocenters. The van der Waals surface area contributed by atoms with Gasteiger partial charge in [0.05, 0.1) is 19.6 Å². The first-order chi connectivity index (χ1) is 9.06. The molecule has 0 amide bonds. The van der Waals surface area contributed by atoms with E-state index in [1.807, 2.05) is 0 Å². The molecule has 1 aliphatic heterocycles. The average Bonchev–Trinajstić information content (AvgIpc) is 2.39. The molecule has 0 aromatic carbocycles. The zero-order valence-electron chi connectivity index (χ0n) is 12.4. The van der Waals surface area contributed by atoms with Crippen molar-refractivity contribution in [3.05, 3.63) is 0 Å². The van der Waals surface area contributed by atoms with E-state index in [9.17, 15) is 9.59 Å². The predicted molar refractivity (Wildman–Crippen MR) is 74.0 cm³/mol. The summed E-state index contributed by atoms with van der Waals surface area (Å²) in [5.41, 5.74) is 0. The molecule has 0 saturated carbocycles. The molecular formula is C14H26N2O3. The van der Waals surface area contributed by atoms with Gasteiger partial charge in [0.1, 0.15) is 5.78 Å². The summed E-state index contributed by atoms with van der Waals surface area (Å²) in [4.78, 5) is 27.6. The molecule has 1 aliphatic rings. The average molecular weight is 270 g/mol. The minimum absolute atomic E-state index is 0.132. The van der Waals surface area contributed by atoms with E-state index in [-0.39, 0.29) is 18.2 Å². The lowest BCUT2D eigenvalue weighted by Gasteiger charge is -2.38. The number of hydrogen-bond donors (Lipinski definition) is 0. The van der Waals surface area contributed by atoms with E-state index in [0.29, 0.717) is 25.6 Å². The molecule has 0 spiro atoms. The van der Waals surface area contributed by atoms with Gasteiger partial charge in [-0.3, -0.25) is 14.5 Å². The Balaban J connectivity index is 2.27. The number of carbonyl (C=O) groups excluding carboxylic acids is 2. The molecule has 110 valence electrons. The molecule has 1 heterocycles. The van der Waals surface area contributed by atoms with Crippen LogP contribution in [-0.2, 0) is 14.3 Å². The van der Waals surface area contributed by atoms with Crippen molar-refractivity contribution in [3.8, 4) is 0 Å². The van der Waals surface area contributed by atoms with Crippen LogP contribution in [0.1, 0.15) is 33.1 Å². The highest BCUT2D eigenvalue weighted by Crippen LogP contribution is 2.10. The molecule has 1 unspecified atom stereocenters. The lowest BCUT2D eigenvalue weighted by atomic mass is 10.1. The van der Waals surface area contributed by atoms with Crippen LogP contribution in [0.15, 0.2) is 0 Å². The first-order valence-electron chi connectivity index (χ1n) is 7.16. The summed E-state index contributed by atoms with van der Waals surface area (Å²) >= 11 is 0. The Kier molecular flexibility index (Phi) is 7.02. The summed E-state index contributed by atoms with van der Waals surface area (Å²) in [6.07, 6.45) is 1.60. The Bertz CT molecular complexity index is 307. The van der Waals surface area contributed by atoms with E-state index in [1.54, 1.807) is 6.92 Å². The maximum absolute atomic E-state index is 11.8. The molecule has 0 aromatic rings. The van der Waals surface area contributed by atoms with Gasteiger partial charge in [0.2, 0.25) is 0 Å². The Morgan fingerprint density at radius 3 is 2.58 bits per heavy atom. The fourth-order valence-corrected chi connectivity index (χ4v) is 2.40. The van der Waals surface area contributed by atoms with Gasteiger partial charge in [-0.15, -0.1) is 0 Å². The molecule has 1 saturated heterocycles.